The minimum absolute atomic E-state index is 0.00753. The zero-order valence-corrected chi connectivity index (χ0v) is 8.64. The van der Waals surface area contributed by atoms with Gasteiger partial charge in [-0.15, -0.1) is 0 Å². The highest BCUT2D eigenvalue weighted by Gasteiger charge is 2.15. The SMILES string of the molecule is NCc1nc(-c2ccccc2OC(F)F)no1. The lowest BCUT2D eigenvalue weighted by atomic mass is 10.2. The number of hydrogen-bond donors (Lipinski definition) is 1. The molecule has 1 aromatic carbocycles. The van der Waals surface area contributed by atoms with Crippen LogP contribution in [0.1, 0.15) is 5.89 Å². The molecule has 0 amide bonds. The molecule has 1 heterocycles. The Bertz CT molecular complexity index is 502. The van der Waals surface area contributed by atoms with Gasteiger partial charge in [0.1, 0.15) is 5.75 Å². The standard InChI is InChI=1S/C10H9F2N3O2/c11-10(12)16-7-4-2-1-3-6(7)9-14-8(5-13)17-15-9/h1-4,10H,5,13H2. The highest BCUT2D eigenvalue weighted by Crippen LogP contribution is 2.28. The van der Waals surface area contributed by atoms with E-state index in [1.54, 1.807) is 18.2 Å². The fourth-order valence-corrected chi connectivity index (χ4v) is 1.30. The molecular formula is C10H9F2N3O2. The maximum absolute atomic E-state index is 12.2. The number of para-hydroxylation sites is 1. The van der Waals surface area contributed by atoms with Crippen LogP contribution in [-0.4, -0.2) is 16.8 Å². The van der Waals surface area contributed by atoms with Gasteiger partial charge in [0.15, 0.2) is 0 Å². The predicted octanol–water partition coefficient (Wildman–Crippen LogP) is 1.80. The molecule has 7 heteroatoms. The lowest BCUT2D eigenvalue weighted by Gasteiger charge is -2.07. The normalized spacial score (nSPS) is 10.8. The number of hydrogen-bond acceptors (Lipinski definition) is 5. The third-order valence-electron chi connectivity index (χ3n) is 1.99. The molecule has 0 unspecified atom stereocenters. The number of alkyl halides is 2. The lowest BCUT2D eigenvalue weighted by Crippen LogP contribution is -2.03. The van der Waals surface area contributed by atoms with Crippen LogP contribution >= 0.6 is 0 Å². The second kappa shape index (κ2) is 4.88. The first-order valence-electron chi connectivity index (χ1n) is 4.77. The van der Waals surface area contributed by atoms with Crippen LogP contribution < -0.4 is 10.5 Å². The van der Waals surface area contributed by atoms with E-state index in [0.29, 0.717) is 5.56 Å². The Hall–Kier alpha value is -2.02. The minimum Gasteiger partial charge on any atom is -0.434 e. The maximum Gasteiger partial charge on any atom is 0.387 e. The van der Waals surface area contributed by atoms with Gasteiger partial charge in [0.2, 0.25) is 11.7 Å². The minimum atomic E-state index is -2.91. The summed E-state index contributed by atoms with van der Waals surface area (Å²) >= 11 is 0. The van der Waals surface area contributed by atoms with Crippen LogP contribution in [0.4, 0.5) is 8.78 Å². The van der Waals surface area contributed by atoms with E-state index in [1.165, 1.54) is 6.07 Å². The first-order chi connectivity index (χ1) is 8.20. The Morgan fingerprint density at radius 1 is 1.35 bits per heavy atom. The molecule has 0 aliphatic rings. The summed E-state index contributed by atoms with van der Waals surface area (Å²) < 4.78 is 33.5. The number of aromatic nitrogens is 2. The molecule has 90 valence electrons. The van der Waals surface area contributed by atoms with Crippen LogP contribution in [0.5, 0.6) is 5.75 Å². The third-order valence-corrected chi connectivity index (χ3v) is 1.99. The summed E-state index contributed by atoms with van der Waals surface area (Å²) in [5, 5.41) is 3.63. The number of rotatable bonds is 4. The van der Waals surface area contributed by atoms with Crippen LogP contribution in [-0.2, 0) is 6.54 Å². The number of halogens is 2. The summed E-state index contributed by atoms with van der Waals surface area (Å²) in [6, 6.07) is 6.19. The molecule has 2 aromatic rings. The van der Waals surface area contributed by atoms with Gasteiger partial charge < -0.3 is 15.0 Å². The van der Waals surface area contributed by atoms with Crippen molar-refractivity contribution in [2.24, 2.45) is 5.73 Å². The topological polar surface area (TPSA) is 74.2 Å². The molecule has 0 aliphatic carbocycles. The second-order valence-electron chi connectivity index (χ2n) is 3.09. The van der Waals surface area contributed by atoms with Crippen molar-refractivity contribution >= 4 is 0 Å². The fourth-order valence-electron chi connectivity index (χ4n) is 1.30. The van der Waals surface area contributed by atoms with Crippen molar-refractivity contribution in [3.05, 3.63) is 30.2 Å². The van der Waals surface area contributed by atoms with Gasteiger partial charge in [-0.3, -0.25) is 0 Å². The zero-order valence-electron chi connectivity index (χ0n) is 8.64. The second-order valence-corrected chi connectivity index (χ2v) is 3.09. The molecule has 2 N–H and O–H groups in total. The summed E-state index contributed by atoms with van der Waals surface area (Å²) in [5.74, 6) is 0.389. The van der Waals surface area contributed by atoms with E-state index in [4.69, 9.17) is 10.3 Å². The van der Waals surface area contributed by atoms with Gasteiger partial charge >= 0.3 is 6.61 Å². The maximum atomic E-state index is 12.2. The Morgan fingerprint density at radius 2 is 2.12 bits per heavy atom. The van der Waals surface area contributed by atoms with E-state index in [1.807, 2.05) is 0 Å². The smallest absolute Gasteiger partial charge is 0.387 e. The number of benzene rings is 1. The number of ether oxygens (including phenoxy) is 1. The molecule has 0 radical (unpaired) electrons. The third kappa shape index (κ3) is 2.56. The van der Waals surface area contributed by atoms with E-state index >= 15 is 0 Å². The zero-order chi connectivity index (χ0) is 12.3. The number of nitrogens with zero attached hydrogens (tertiary/aromatic N) is 2. The van der Waals surface area contributed by atoms with Gasteiger partial charge in [-0.1, -0.05) is 17.3 Å². The van der Waals surface area contributed by atoms with E-state index < -0.39 is 6.61 Å². The molecule has 0 atom stereocenters. The Balaban J connectivity index is 2.36. The van der Waals surface area contributed by atoms with E-state index in [9.17, 15) is 8.78 Å². The Kier molecular flexibility index (Phi) is 3.29. The van der Waals surface area contributed by atoms with Crippen LogP contribution in [0.3, 0.4) is 0 Å². The van der Waals surface area contributed by atoms with E-state index in [-0.39, 0.29) is 24.0 Å². The molecule has 1 aromatic heterocycles. The van der Waals surface area contributed by atoms with Crippen molar-refractivity contribution in [1.29, 1.82) is 0 Å². The fraction of sp³-hybridized carbons (Fsp3) is 0.200. The summed E-state index contributed by atoms with van der Waals surface area (Å²) in [6.07, 6.45) is 0. The first-order valence-corrected chi connectivity index (χ1v) is 4.77. The predicted molar refractivity (Wildman–Crippen MR) is 54.3 cm³/mol. The molecule has 5 nitrogen and oxygen atoms in total. The molecule has 0 bridgehead atoms. The van der Waals surface area contributed by atoms with Crippen LogP contribution in [0.25, 0.3) is 11.4 Å². The molecule has 2 rings (SSSR count). The molecule has 0 saturated heterocycles. The van der Waals surface area contributed by atoms with Crippen molar-refractivity contribution in [3.8, 4) is 17.1 Å². The summed E-state index contributed by atoms with van der Waals surface area (Å²) in [6.45, 7) is -2.82. The van der Waals surface area contributed by atoms with E-state index in [2.05, 4.69) is 14.9 Å². The number of nitrogens with two attached hydrogens (primary N) is 1. The lowest BCUT2D eigenvalue weighted by molar-refractivity contribution is -0.0494. The summed E-state index contributed by atoms with van der Waals surface area (Å²) in [7, 11) is 0. The summed E-state index contributed by atoms with van der Waals surface area (Å²) in [5.41, 5.74) is 5.64. The van der Waals surface area contributed by atoms with Crippen LogP contribution in [0.2, 0.25) is 0 Å². The van der Waals surface area contributed by atoms with Gasteiger partial charge in [-0.2, -0.15) is 13.8 Å². The highest BCUT2D eigenvalue weighted by atomic mass is 19.3. The Morgan fingerprint density at radius 3 is 2.76 bits per heavy atom. The van der Waals surface area contributed by atoms with Gasteiger partial charge in [-0.05, 0) is 12.1 Å². The molecule has 0 aliphatic heterocycles. The van der Waals surface area contributed by atoms with Crippen LogP contribution in [0, 0.1) is 0 Å². The van der Waals surface area contributed by atoms with Crippen molar-refractivity contribution < 1.29 is 18.0 Å². The van der Waals surface area contributed by atoms with Gasteiger partial charge in [0.25, 0.3) is 0 Å². The molecule has 17 heavy (non-hydrogen) atoms. The molecule has 0 saturated carbocycles. The van der Waals surface area contributed by atoms with Crippen LogP contribution in [0.15, 0.2) is 28.8 Å². The Labute approximate surface area is 95.2 Å². The van der Waals surface area contributed by atoms with Crippen molar-refractivity contribution in [2.75, 3.05) is 0 Å². The quantitative estimate of drug-likeness (QED) is 0.883. The molecule has 0 fully saturated rings. The van der Waals surface area contributed by atoms with Gasteiger partial charge in [0, 0.05) is 0 Å². The van der Waals surface area contributed by atoms with E-state index in [0.717, 1.165) is 0 Å². The average molecular weight is 241 g/mol. The van der Waals surface area contributed by atoms with Crippen molar-refractivity contribution in [1.82, 2.24) is 10.1 Å². The largest absolute Gasteiger partial charge is 0.434 e. The van der Waals surface area contributed by atoms with Crippen molar-refractivity contribution in [2.45, 2.75) is 13.2 Å². The first kappa shape index (κ1) is 11.5. The van der Waals surface area contributed by atoms with Crippen molar-refractivity contribution in [3.63, 3.8) is 0 Å². The summed E-state index contributed by atoms with van der Waals surface area (Å²) in [4.78, 5) is 3.94. The highest BCUT2D eigenvalue weighted by molar-refractivity contribution is 5.63. The molecular weight excluding hydrogens is 232 g/mol. The van der Waals surface area contributed by atoms with Gasteiger partial charge in [-0.25, -0.2) is 0 Å². The average Bonchev–Trinajstić information content (AvgIpc) is 2.77. The van der Waals surface area contributed by atoms with Gasteiger partial charge in [0.05, 0.1) is 12.1 Å². The molecule has 0 spiro atoms. The monoisotopic (exact) mass is 241 g/mol.